The number of aldehydes is 1. The van der Waals surface area contributed by atoms with Crippen LogP contribution in [0.25, 0.3) is 10.8 Å². The number of benzene rings is 2. The van der Waals surface area contributed by atoms with Gasteiger partial charge in [0.05, 0.1) is 13.5 Å². The summed E-state index contributed by atoms with van der Waals surface area (Å²) in [6.07, 6.45) is 3.72. The Bertz CT molecular complexity index is 958. The van der Waals surface area contributed by atoms with E-state index in [1.165, 1.54) is 29.2 Å². The number of ether oxygens (including phenoxy) is 1. The maximum Gasteiger partial charge on any atom is 0.306 e. The molecule has 1 aliphatic rings. The molecule has 3 rings (SSSR count). The van der Waals surface area contributed by atoms with Crippen LogP contribution in [0.1, 0.15) is 68.6 Å². The van der Waals surface area contributed by atoms with E-state index in [1.54, 1.807) is 0 Å². The zero-order valence-corrected chi connectivity index (χ0v) is 20.8. The molecular weight excluding hydrogens is 404 g/mol. The normalized spacial score (nSPS) is 17.4. The summed E-state index contributed by atoms with van der Waals surface area (Å²) in [4.78, 5) is 23.7. The lowest BCUT2D eigenvalue weighted by Gasteiger charge is -2.37. The lowest BCUT2D eigenvalue weighted by Crippen LogP contribution is -2.41. The Kier molecular flexibility index (Phi) is 7.07. The van der Waals surface area contributed by atoms with Crippen molar-refractivity contribution in [2.24, 2.45) is 0 Å². The number of carbonyl (C=O) groups excluding carboxylic acids is 2. The second kappa shape index (κ2) is 9.25. The summed E-state index contributed by atoms with van der Waals surface area (Å²) < 4.78 is 11.5. The number of hydrogen-bond acceptors (Lipinski definition) is 4. The fourth-order valence-corrected chi connectivity index (χ4v) is 5.48. The van der Waals surface area contributed by atoms with Gasteiger partial charge in [0.15, 0.2) is 8.32 Å². The SMILES string of the molecule is COC(=O)C[C@@H]1CCc2c(C(CC=O)CO[Si](C)(C)C(C)(C)C)cc3ccccc3c21. The first kappa shape index (κ1) is 23.7. The molecule has 5 heteroatoms. The molecule has 4 nitrogen and oxygen atoms in total. The molecule has 31 heavy (non-hydrogen) atoms. The van der Waals surface area contributed by atoms with Crippen molar-refractivity contribution in [3.8, 4) is 0 Å². The summed E-state index contributed by atoms with van der Waals surface area (Å²) in [5, 5.41) is 2.49. The lowest BCUT2D eigenvalue weighted by molar-refractivity contribution is -0.141. The van der Waals surface area contributed by atoms with Crippen LogP contribution in [0.15, 0.2) is 30.3 Å². The molecule has 0 radical (unpaired) electrons. The van der Waals surface area contributed by atoms with Gasteiger partial charge in [0, 0.05) is 18.9 Å². The summed E-state index contributed by atoms with van der Waals surface area (Å²) in [5.41, 5.74) is 3.78. The summed E-state index contributed by atoms with van der Waals surface area (Å²) in [6.45, 7) is 11.8. The van der Waals surface area contributed by atoms with Crippen molar-refractivity contribution >= 4 is 31.3 Å². The van der Waals surface area contributed by atoms with E-state index in [9.17, 15) is 9.59 Å². The molecule has 1 unspecified atom stereocenters. The van der Waals surface area contributed by atoms with E-state index >= 15 is 0 Å². The second-order valence-electron chi connectivity index (χ2n) is 10.3. The van der Waals surface area contributed by atoms with Crippen molar-refractivity contribution in [3.63, 3.8) is 0 Å². The van der Waals surface area contributed by atoms with E-state index in [0.29, 0.717) is 19.4 Å². The Morgan fingerprint density at radius 1 is 1.26 bits per heavy atom. The first-order valence-corrected chi connectivity index (χ1v) is 14.2. The molecule has 0 amide bonds. The summed E-state index contributed by atoms with van der Waals surface area (Å²) >= 11 is 0. The van der Waals surface area contributed by atoms with E-state index in [2.05, 4.69) is 58.1 Å². The van der Waals surface area contributed by atoms with Crippen LogP contribution in [-0.2, 0) is 25.2 Å². The minimum atomic E-state index is -1.93. The van der Waals surface area contributed by atoms with Crippen LogP contribution in [0.5, 0.6) is 0 Å². The summed E-state index contributed by atoms with van der Waals surface area (Å²) in [7, 11) is -0.477. The highest BCUT2D eigenvalue weighted by atomic mass is 28.4. The number of methoxy groups -OCH3 is 1. The van der Waals surface area contributed by atoms with Gasteiger partial charge in [-0.3, -0.25) is 4.79 Å². The second-order valence-corrected chi connectivity index (χ2v) is 15.1. The highest BCUT2D eigenvalue weighted by molar-refractivity contribution is 6.74. The van der Waals surface area contributed by atoms with Crippen molar-refractivity contribution in [3.05, 3.63) is 47.0 Å². The van der Waals surface area contributed by atoms with Crippen LogP contribution >= 0.6 is 0 Å². The fraction of sp³-hybridized carbons (Fsp3) is 0.538. The molecule has 0 spiro atoms. The summed E-state index contributed by atoms with van der Waals surface area (Å²) in [6, 6.07) is 10.6. The van der Waals surface area contributed by atoms with Gasteiger partial charge in [0.1, 0.15) is 6.29 Å². The van der Waals surface area contributed by atoms with Crippen molar-refractivity contribution < 1.29 is 18.8 Å². The first-order valence-electron chi connectivity index (χ1n) is 11.3. The van der Waals surface area contributed by atoms with Crippen molar-refractivity contribution in [1.82, 2.24) is 0 Å². The van der Waals surface area contributed by atoms with E-state index < -0.39 is 8.32 Å². The first-order chi connectivity index (χ1) is 14.6. The lowest BCUT2D eigenvalue weighted by atomic mass is 9.85. The molecule has 0 aliphatic heterocycles. The van der Waals surface area contributed by atoms with Gasteiger partial charge in [-0.1, -0.05) is 51.1 Å². The molecule has 168 valence electrons. The van der Waals surface area contributed by atoms with Crippen LogP contribution in [0, 0.1) is 0 Å². The average molecular weight is 441 g/mol. The quantitative estimate of drug-likeness (QED) is 0.282. The Labute approximate surface area is 187 Å². The van der Waals surface area contributed by atoms with Gasteiger partial charge in [0.2, 0.25) is 0 Å². The number of rotatable bonds is 8. The van der Waals surface area contributed by atoms with Gasteiger partial charge in [-0.25, -0.2) is 0 Å². The molecule has 0 bridgehead atoms. The zero-order chi connectivity index (χ0) is 22.8. The zero-order valence-electron chi connectivity index (χ0n) is 19.8. The monoisotopic (exact) mass is 440 g/mol. The molecule has 0 saturated heterocycles. The highest BCUT2D eigenvalue weighted by Crippen LogP contribution is 2.45. The smallest absolute Gasteiger partial charge is 0.306 e. The van der Waals surface area contributed by atoms with Gasteiger partial charge < -0.3 is 14.0 Å². The highest BCUT2D eigenvalue weighted by Gasteiger charge is 2.38. The number of hydrogen-bond donors (Lipinski definition) is 0. The van der Waals surface area contributed by atoms with E-state index in [0.717, 1.165) is 24.5 Å². The Balaban J connectivity index is 2.04. The fourth-order valence-electron chi connectivity index (χ4n) is 4.43. The molecule has 1 aliphatic carbocycles. The topological polar surface area (TPSA) is 52.6 Å². The third-order valence-corrected chi connectivity index (χ3v) is 11.8. The third-order valence-electron chi connectivity index (χ3n) is 7.30. The Morgan fingerprint density at radius 3 is 2.61 bits per heavy atom. The number of carbonyl (C=O) groups is 2. The Hall–Kier alpha value is -1.98. The van der Waals surface area contributed by atoms with Crippen molar-refractivity contribution in [1.29, 1.82) is 0 Å². The molecule has 0 saturated carbocycles. The van der Waals surface area contributed by atoms with Gasteiger partial charge in [0.25, 0.3) is 0 Å². The molecular formula is C26H36O4Si. The predicted molar refractivity (Wildman–Crippen MR) is 128 cm³/mol. The standard InChI is InChI=1S/C26H36O4Si/c1-26(2,3)31(5,6)30-17-20(13-14-27)23-15-18-9-7-8-10-21(18)25-19(11-12-22(23)25)16-24(28)29-4/h7-10,14-15,19-20H,11-13,16-17H2,1-6H3/t19-,20?/m0/s1. The molecule has 0 heterocycles. The van der Waals surface area contributed by atoms with E-state index in [-0.39, 0.29) is 22.8 Å². The molecule has 2 aromatic carbocycles. The maximum absolute atomic E-state index is 12.1. The van der Waals surface area contributed by atoms with Gasteiger partial charge in [-0.2, -0.15) is 0 Å². The van der Waals surface area contributed by atoms with Crippen LogP contribution in [-0.4, -0.2) is 34.3 Å². The molecule has 0 N–H and O–H groups in total. The maximum atomic E-state index is 12.1. The molecule has 2 aromatic rings. The van der Waals surface area contributed by atoms with E-state index in [4.69, 9.17) is 9.16 Å². The minimum absolute atomic E-state index is 0.0295. The van der Waals surface area contributed by atoms with Gasteiger partial charge in [-0.15, -0.1) is 0 Å². The van der Waals surface area contributed by atoms with Crippen LogP contribution in [0.3, 0.4) is 0 Å². The predicted octanol–water partition coefficient (Wildman–Crippen LogP) is 6.13. The van der Waals surface area contributed by atoms with Crippen molar-refractivity contribution in [2.75, 3.05) is 13.7 Å². The third kappa shape index (κ3) is 4.93. The largest absolute Gasteiger partial charge is 0.469 e. The van der Waals surface area contributed by atoms with Crippen LogP contribution in [0.4, 0.5) is 0 Å². The van der Waals surface area contributed by atoms with Gasteiger partial charge >= 0.3 is 5.97 Å². The summed E-state index contributed by atoms with van der Waals surface area (Å²) in [5.74, 6) is 0.0189. The molecule has 2 atom stereocenters. The van der Waals surface area contributed by atoms with Crippen LogP contribution < -0.4 is 0 Å². The molecule has 0 aromatic heterocycles. The van der Waals surface area contributed by atoms with Gasteiger partial charge in [-0.05, 0) is 64.4 Å². The molecule has 0 fully saturated rings. The van der Waals surface area contributed by atoms with E-state index in [1.807, 2.05) is 6.07 Å². The minimum Gasteiger partial charge on any atom is -0.469 e. The number of esters is 1. The van der Waals surface area contributed by atoms with Crippen LogP contribution in [0.2, 0.25) is 18.1 Å². The Morgan fingerprint density at radius 2 is 1.97 bits per heavy atom. The van der Waals surface area contributed by atoms with Crippen molar-refractivity contribution in [2.45, 2.75) is 76.4 Å². The number of fused-ring (bicyclic) bond motifs is 3. The average Bonchev–Trinajstić information content (AvgIpc) is 3.13.